The lowest BCUT2D eigenvalue weighted by Crippen LogP contribution is -2.48. The lowest BCUT2D eigenvalue weighted by molar-refractivity contribution is -0.128. The Morgan fingerprint density at radius 1 is 0.970 bits per heavy atom. The average Bonchev–Trinajstić information content (AvgIpc) is 2.82. The lowest BCUT2D eigenvalue weighted by Gasteiger charge is -2.13. The third-order valence-electron chi connectivity index (χ3n) is 4.07. The molecule has 0 saturated heterocycles. The number of halogens is 1. The van der Waals surface area contributed by atoms with Gasteiger partial charge in [-0.1, -0.05) is 80.3 Å². The molecule has 0 bridgehead atoms. The maximum atomic E-state index is 11.8. The molecule has 0 fully saturated rings. The number of carbonyl (C=O) groups excluding carboxylic acids is 4. The fourth-order valence-electron chi connectivity index (χ4n) is 2.08. The summed E-state index contributed by atoms with van der Waals surface area (Å²) in [7, 11) is 0. The highest BCUT2D eigenvalue weighted by molar-refractivity contribution is 6.31. The molecule has 2 rings (SSSR count). The van der Waals surface area contributed by atoms with Crippen molar-refractivity contribution < 1.29 is 19.2 Å². The van der Waals surface area contributed by atoms with Crippen LogP contribution in [0.4, 0.5) is 0 Å². The van der Waals surface area contributed by atoms with E-state index in [1.54, 1.807) is 18.2 Å². The van der Waals surface area contributed by atoms with E-state index in [0.29, 0.717) is 16.9 Å². The fraction of sp³-hybridized carbons (Fsp3) is 0.360. The van der Waals surface area contributed by atoms with Crippen LogP contribution < -0.4 is 16.0 Å². The molecule has 8 heteroatoms. The Bertz CT molecular complexity index is 858. The summed E-state index contributed by atoms with van der Waals surface area (Å²) in [6.45, 7) is 7.51. The van der Waals surface area contributed by atoms with Crippen molar-refractivity contribution in [3.05, 3.63) is 70.7 Å². The number of carbonyl (C=O) groups is 4. The van der Waals surface area contributed by atoms with Crippen LogP contribution in [0.1, 0.15) is 49.5 Å². The Hall–Kier alpha value is -3.19. The maximum Gasteiger partial charge on any atom is 0.251 e. The van der Waals surface area contributed by atoms with Crippen molar-refractivity contribution in [1.29, 1.82) is 0 Å². The maximum absolute atomic E-state index is 11.8. The molecule has 0 saturated carbocycles. The highest BCUT2D eigenvalue weighted by Gasteiger charge is 2.15. The standard InChI is InChI=1S/C14H16ClN3O4.C7H8.C4H10/c1-9(13(21)16-5-6-19)18-12(20)8-17-14(22)10-3-2-4-11(15)7-10;1-7-5-3-2-4-6-7;1-3-4-2/h2-4,6-7,9H,5,8H2,1H3,(H,16,21)(H,17,22)(H,18,20);2-6H,1H3;3-4H2,1-2H3. The van der Waals surface area contributed by atoms with E-state index < -0.39 is 23.8 Å². The monoisotopic (exact) mass is 475 g/mol. The van der Waals surface area contributed by atoms with Crippen molar-refractivity contribution in [2.45, 2.75) is 46.6 Å². The predicted octanol–water partition coefficient (Wildman–Crippen LogP) is 3.69. The molecular formula is C25H34ClN3O4. The predicted molar refractivity (Wildman–Crippen MR) is 132 cm³/mol. The summed E-state index contributed by atoms with van der Waals surface area (Å²) in [5, 5.41) is 7.54. The molecule has 0 aliphatic rings. The zero-order valence-electron chi connectivity index (χ0n) is 19.7. The Morgan fingerprint density at radius 3 is 2.09 bits per heavy atom. The van der Waals surface area contributed by atoms with Gasteiger partial charge in [-0.3, -0.25) is 14.4 Å². The first-order valence-corrected chi connectivity index (χ1v) is 11.2. The van der Waals surface area contributed by atoms with E-state index in [-0.39, 0.29) is 13.1 Å². The van der Waals surface area contributed by atoms with E-state index in [1.165, 1.54) is 31.4 Å². The SMILES string of the molecule is CC(NC(=O)CNC(=O)c1cccc(Cl)c1)C(=O)NCC=O.CCCC.Cc1ccccc1. The first kappa shape index (κ1) is 29.8. The summed E-state index contributed by atoms with van der Waals surface area (Å²) in [5.74, 6) is -1.46. The van der Waals surface area contributed by atoms with Gasteiger partial charge >= 0.3 is 0 Å². The average molecular weight is 476 g/mol. The number of amides is 3. The number of rotatable bonds is 8. The first-order valence-electron chi connectivity index (χ1n) is 10.8. The topological polar surface area (TPSA) is 104 Å². The van der Waals surface area contributed by atoms with E-state index in [9.17, 15) is 19.2 Å². The van der Waals surface area contributed by atoms with Gasteiger partial charge < -0.3 is 20.7 Å². The van der Waals surface area contributed by atoms with E-state index >= 15 is 0 Å². The molecule has 180 valence electrons. The summed E-state index contributed by atoms with van der Waals surface area (Å²) >= 11 is 5.77. The Labute approximate surface area is 201 Å². The van der Waals surface area contributed by atoms with Crippen LogP contribution >= 0.6 is 11.6 Å². The molecule has 0 aliphatic heterocycles. The Kier molecular flexibility index (Phi) is 16.6. The van der Waals surface area contributed by atoms with Gasteiger partial charge in [-0.05, 0) is 32.0 Å². The number of nitrogens with one attached hydrogen (secondary N) is 3. The lowest BCUT2D eigenvalue weighted by atomic mass is 10.2. The highest BCUT2D eigenvalue weighted by Crippen LogP contribution is 2.10. The van der Waals surface area contributed by atoms with Crippen LogP contribution in [0.15, 0.2) is 54.6 Å². The number of hydrogen-bond acceptors (Lipinski definition) is 4. The molecule has 0 aromatic heterocycles. The fourth-order valence-corrected chi connectivity index (χ4v) is 2.27. The zero-order chi connectivity index (χ0) is 25.1. The highest BCUT2D eigenvalue weighted by atomic mass is 35.5. The van der Waals surface area contributed by atoms with Crippen molar-refractivity contribution in [2.24, 2.45) is 0 Å². The molecule has 3 amide bonds. The Morgan fingerprint density at radius 2 is 1.61 bits per heavy atom. The van der Waals surface area contributed by atoms with Gasteiger partial charge in [0.05, 0.1) is 13.1 Å². The van der Waals surface area contributed by atoms with Gasteiger partial charge in [-0.25, -0.2) is 0 Å². The minimum atomic E-state index is -0.810. The molecule has 0 radical (unpaired) electrons. The molecule has 1 atom stereocenters. The normalized spacial score (nSPS) is 10.2. The van der Waals surface area contributed by atoms with Gasteiger partial charge in [0, 0.05) is 10.6 Å². The second kappa shape index (κ2) is 18.4. The van der Waals surface area contributed by atoms with Crippen LogP contribution in [-0.4, -0.2) is 43.1 Å². The molecule has 0 spiro atoms. The van der Waals surface area contributed by atoms with Crippen LogP contribution in [0, 0.1) is 6.92 Å². The zero-order valence-corrected chi connectivity index (χ0v) is 20.4. The van der Waals surface area contributed by atoms with Gasteiger partial charge in [0.15, 0.2) is 0 Å². The Balaban J connectivity index is 0.000000759. The second-order valence-electron chi connectivity index (χ2n) is 7.05. The molecular weight excluding hydrogens is 442 g/mol. The van der Waals surface area contributed by atoms with Crippen LogP contribution in [0.3, 0.4) is 0 Å². The van der Waals surface area contributed by atoms with Crippen molar-refractivity contribution in [2.75, 3.05) is 13.1 Å². The smallest absolute Gasteiger partial charge is 0.251 e. The molecule has 3 N–H and O–H groups in total. The summed E-state index contributed by atoms with van der Waals surface area (Å²) in [4.78, 5) is 45.0. The van der Waals surface area contributed by atoms with Gasteiger partial charge in [0.1, 0.15) is 12.3 Å². The van der Waals surface area contributed by atoms with Gasteiger partial charge in [-0.2, -0.15) is 0 Å². The number of aryl methyl sites for hydroxylation is 1. The first-order chi connectivity index (χ1) is 15.7. The number of unbranched alkanes of at least 4 members (excludes halogenated alkanes) is 1. The second-order valence-corrected chi connectivity index (χ2v) is 7.49. The van der Waals surface area contributed by atoms with Crippen molar-refractivity contribution in [3.8, 4) is 0 Å². The minimum Gasteiger partial charge on any atom is -0.348 e. The van der Waals surface area contributed by atoms with Crippen LogP contribution in [0.2, 0.25) is 5.02 Å². The quantitative estimate of drug-likeness (QED) is 0.506. The van der Waals surface area contributed by atoms with E-state index in [4.69, 9.17) is 11.6 Å². The van der Waals surface area contributed by atoms with Gasteiger partial charge in [0.2, 0.25) is 11.8 Å². The molecule has 2 aromatic carbocycles. The van der Waals surface area contributed by atoms with Gasteiger partial charge in [0.25, 0.3) is 5.91 Å². The molecule has 0 aliphatic carbocycles. The minimum absolute atomic E-state index is 0.120. The van der Waals surface area contributed by atoms with Crippen molar-refractivity contribution in [1.82, 2.24) is 16.0 Å². The summed E-state index contributed by atoms with van der Waals surface area (Å²) in [5.41, 5.74) is 1.65. The van der Waals surface area contributed by atoms with E-state index in [2.05, 4.69) is 48.9 Å². The number of aldehydes is 1. The van der Waals surface area contributed by atoms with E-state index in [0.717, 1.165) is 0 Å². The third-order valence-corrected chi connectivity index (χ3v) is 4.30. The number of benzene rings is 2. The molecule has 1 unspecified atom stereocenters. The van der Waals surface area contributed by atoms with Crippen molar-refractivity contribution in [3.63, 3.8) is 0 Å². The number of hydrogen-bond donors (Lipinski definition) is 3. The summed E-state index contributed by atoms with van der Waals surface area (Å²) < 4.78 is 0. The summed E-state index contributed by atoms with van der Waals surface area (Å²) in [6, 6.07) is 15.7. The molecule has 0 heterocycles. The van der Waals surface area contributed by atoms with E-state index in [1.807, 2.05) is 18.2 Å². The van der Waals surface area contributed by atoms with Crippen LogP contribution in [0.5, 0.6) is 0 Å². The van der Waals surface area contributed by atoms with Crippen LogP contribution in [0.25, 0.3) is 0 Å². The largest absolute Gasteiger partial charge is 0.348 e. The van der Waals surface area contributed by atoms with Crippen LogP contribution in [-0.2, 0) is 14.4 Å². The molecule has 33 heavy (non-hydrogen) atoms. The molecule has 2 aromatic rings. The molecule has 7 nitrogen and oxygen atoms in total. The van der Waals surface area contributed by atoms with Gasteiger partial charge in [-0.15, -0.1) is 0 Å². The summed E-state index contributed by atoms with van der Waals surface area (Å²) in [6.07, 6.45) is 3.18. The third kappa shape index (κ3) is 15.3. The van der Waals surface area contributed by atoms with Crippen molar-refractivity contribution >= 4 is 35.6 Å².